The summed E-state index contributed by atoms with van der Waals surface area (Å²) in [5, 5.41) is 7.98. The highest BCUT2D eigenvalue weighted by molar-refractivity contribution is 9.10. The molecule has 40 heavy (non-hydrogen) atoms. The summed E-state index contributed by atoms with van der Waals surface area (Å²) in [6.45, 7) is 2.10. The lowest BCUT2D eigenvalue weighted by Crippen LogP contribution is -2.25. The third-order valence-electron chi connectivity index (χ3n) is 6.84. The Balaban J connectivity index is 1.43. The molecule has 4 aromatic rings. The SMILES string of the molecule is CCOc1cc(C=Nn2c(C3CCCCC3)nc3ccccc3c2=O)c(Br)cc1OCC(=O)Nc1ccccc1. The molecule has 1 aliphatic carbocycles. The number of benzene rings is 3. The monoisotopic (exact) mass is 602 g/mol. The molecule has 3 aromatic carbocycles. The molecule has 9 heteroatoms. The zero-order valence-corrected chi connectivity index (χ0v) is 23.9. The zero-order valence-electron chi connectivity index (χ0n) is 22.3. The molecule has 0 radical (unpaired) electrons. The number of amides is 1. The molecule has 0 bridgehead atoms. The Hall–Kier alpha value is -3.98. The number of rotatable bonds is 9. The van der Waals surface area contributed by atoms with Crippen LogP contribution >= 0.6 is 15.9 Å². The Bertz CT molecular complexity index is 1580. The number of anilines is 1. The minimum absolute atomic E-state index is 0.183. The molecular weight excluding hydrogens is 572 g/mol. The van der Waals surface area contributed by atoms with Gasteiger partial charge < -0.3 is 14.8 Å². The molecule has 8 nitrogen and oxygen atoms in total. The van der Waals surface area contributed by atoms with Crippen LogP contribution in [0.4, 0.5) is 5.69 Å². The van der Waals surface area contributed by atoms with Crippen LogP contribution in [0.2, 0.25) is 0 Å². The minimum Gasteiger partial charge on any atom is -0.490 e. The molecule has 5 rings (SSSR count). The standard InChI is InChI=1S/C31H31BrN4O4/c1-2-39-27-17-22(25(32)18-28(27)40-20-29(37)34-23-13-7-4-8-14-23)19-33-36-30(21-11-5-3-6-12-21)35-26-16-10-9-15-24(26)31(36)38/h4,7-10,13-19,21H,2-3,5-6,11-12,20H2,1H3,(H,34,37). The molecule has 0 aliphatic heterocycles. The highest BCUT2D eigenvalue weighted by Gasteiger charge is 2.22. The molecule has 0 unspecified atom stereocenters. The maximum atomic E-state index is 13.5. The topological polar surface area (TPSA) is 94.8 Å². The number of ether oxygens (including phenoxy) is 2. The van der Waals surface area contributed by atoms with Crippen LogP contribution in [0.3, 0.4) is 0 Å². The molecule has 206 valence electrons. The molecule has 1 heterocycles. The van der Waals surface area contributed by atoms with E-state index in [-0.39, 0.29) is 24.0 Å². The Kier molecular flexibility index (Phi) is 8.91. The largest absolute Gasteiger partial charge is 0.490 e. The fourth-order valence-electron chi connectivity index (χ4n) is 4.89. The molecule has 1 N–H and O–H groups in total. The van der Waals surface area contributed by atoms with Crippen molar-refractivity contribution in [1.82, 2.24) is 9.66 Å². The predicted octanol–water partition coefficient (Wildman–Crippen LogP) is 6.51. The van der Waals surface area contributed by atoms with Crippen molar-refractivity contribution in [3.8, 4) is 11.5 Å². The van der Waals surface area contributed by atoms with E-state index < -0.39 is 0 Å². The van der Waals surface area contributed by atoms with Gasteiger partial charge in [0.25, 0.3) is 11.5 Å². The molecule has 1 aromatic heterocycles. The van der Waals surface area contributed by atoms with E-state index >= 15 is 0 Å². The van der Waals surface area contributed by atoms with E-state index in [1.807, 2.05) is 55.5 Å². The first-order valence-corrected chi connectivity index (χ1v) is 14.3. The summed E-state index contributed by atoms with van der Waals surface area (Å²) in [4.78, 5) is 30.8. The molecule has 0 spiro atoms. The van der Waals surface area contributed by atoms with Gasteiger partial charge in [-0.3, -0.25) is 9.59 Å². The van der Waals surface area contributed by atoms with Crippen LogP contribution in [0, 0.1) is 0 Å². The number of carbonyl (C=O) groups excluding carboxylic acids is 1. The van der Waals surface area contributed by atoms with Gasteiger partial charge in [0.1, 0.15) is 5.82 Å². The van der Waals surface area contributed by atoms with Gasteiger partial charge in [0.15, 0.2) is 18.1 Å². The second kappa shape index (κ2) is 12.9. The summed E-state index contributed by atoms with van der Waals surface area (Å²) in [6.07, 6.45) is 7.04. The highest BCUT2D eigenvalue weighted by atomic mass is 79.9. The third kappa shape index (κ3) is 6.42. The van der Waals surface area contributed by atoms with E-state index in [1.165, 1.54) is 11.1 Å². The van der Waals surface area contributed by atoms with Crippen molar-refractivity contribution in [2.45, 2.75) is 44.9 Å². The van der Waals surface area contributed by atoms with Crippen molar-refractivity contribution in [1.29, 1.82) is 0 Å². The number of nitrogens with zero attached hydrogens (tertiary/aromatic N) is 3. The number of halogens is 1. The molecule has 1 amide bonds. The molecule has 1 aliphatic rings. The number of hydrogen-bond acceptors (Lipinski definition) is 6. The number of hydrogen-bond donors (Lipinski definition) is 1. The second-order valence-corrected chi connectivity index (χ2v) is 10.5. The van der Waals surface area contributed by atoms with Gasteiger partial charge in [0, 0.05) is 21.6 Å². The average Bonchev–Trinajstić information content (AvgIpc) is 2.98. The quantitative estimate of drug-likeness (QED) is 0.220. The first kappa shape index (κ1) is 27.6. The number of aromatic nitrogens is 2. The highest BCUT2D eigenvalue weighted by Crippen LogP contribution is 2.34. The third-order valence-corrected chi connectivity index (χ3v) is 7.53. The van der Waals surface area contributed by atoms with Gasteiger partial charge in [0.2, 0.25) is 0 Å². The lowest BCUT2D eigenvalue weighted by Gasteiger charge is -2.22. The number of carbonyl (C=O) groups is 1. The molecule has 0 saturated heterocycles. The van der Waals surface area contributed by atoms with E-state index in [9.17, 15) is 9.59 Å². The maximum absolute atomic E-state index is 13.5. The van der Waals surface area contributed by atoms with Crippen LogP contribution < -0.4 is 20.3 Å². The fourth-order valence-corrected chi connectivity index (χ4v) is 5.31. The van der Waals surface area contributed by atoms with Crippen molar-refractivity contribution in [3.05, 3.63) is 92.9 Å². The Morgan fingerprint density at radius 2 is 1.77 bits per heavy atom. The molecule has 0 atom stereocenters. The van der Waals surface area contributed by atoms with Gasteiger partial charge in [-0.05, 0) is 72.1 Å². The van der Waals surface area contributed by atoms with Crippen LogP contribution in [-0.4, -0.2) is 35.0 Å². The number of fused-ring (bicyclic) bond motifs is 1. The van der Waals surface area contributed by atoms with Gasteiger partial charge in [-0.2, -0.15) is 9.78 Å². The second-order valence-electron chi connectivity index (χ2n) is 9.64. The van der Waals surface area contributed by atoms with Gasteiger partial charge in [0.05, 0.1) is 23.7 Å². The summed E-state index contributed by atoms with van der Waals surface area (Å²) in [6, 6.07) is 20.1. The Labute approximate surface area is 241 Å². The smallest absolute Gasteiger partial charge is 0.282 e. The van der Waals surface area contributed by atoms with Crippen molar-refractivity contribution < 1.29 is 14.3 Å². The van der Waals surface area contributed by atoms with E-state index in [1.54, 1.807) is 24.4 Å². The summed E-state index contributed by atoms with van der Waals surface area (Å²) in [5.41, 5.74) is 1.89. The van der Waals surface area contributed by atoms with Gasteiger partial charge in [-0.15, -0.1) is 0 Å². The average molecular weight is 604 g/mol. The van der Waals surface area contributed by atoms with E-state index in [0.717, 1.165) is 25.7 Å². The van der Waals surface area contributed by atoms with Crippen molar-refractivity contribution in [2.75, 3.05) is 18.5 Å². The van der Waals surface area contributed by atoms with Crippen molar-refractivity contribution >= 4 is 44.6 Å². The summed E-state index contributed by atoms with van der Waals surface area (Å²) >= 11 is 3.59. The maximum Gasteiger partial charge on any atom is 0.282 e. The van der Waals surface area contributed by atoms with Gasteiger partial charge in [-0.25, -0.2) is 4.98 Å². The fraction of sp³-hybridized carbons (Fsp3) is 0.290. The van der Waals surface area contributed by atoms with Crippen LogP contribution in [-0.2, 0) is 4.79 Å². The zero-order chi connectivity index (χ0) is 27.9. The first-order chi connectivity index (χ1) is 19.5. The number of para-hydroxylation sites is 2. The van der Waals surface area contributed by atoms with Gasteiger partial charge >= 0.3 is 0 Å². The lowest BCUT2D eigenvalue weighted by atomic mass is 9.88. The molecule has 1 fully saturated rings. The van der Waals surface area contributed by atoms with Crippen molar-refractivity contribution in [3.63, 3.8) is 0 Å². The minimum atomic E-state index is -0.283. The molecular formula is C31H31BrN4O4. The van der Waals surface area contributed by atoms with Crippen LogP contribution in [0.5, 0.6) is 11.5 Å². The summed E-state index contributed by atoms with van der Waals surface area (Å²) in [7, 11) is 0. The first-order valence-electron chi connectivity index (χ1n) is 13.5. The van der Waals surface area contributed by atoms with Crippen LogP contribution in [0.1, 0.15) is 56.3 Å². The van der Waals surface area contributed by atoms with Crippen LogP contribution in [0.25, 0.3) is 10.9 Å². The normalized spacial score (nSPS) is 13.9. The van der Waals surface area contributed by atoms with E-state index in [4.69, 9.17) is 14.5 Å². The molecule has 1 saturated carbocycles. The van der Waals surface area contributed by atoms with Crippen LogP contribution in [0.15, 0.2) is 81.1 Å². The lowest BCUT2D eigenvalue weighted by molar-refractivity contribution is -0.118. The van der Waals surface area contributed by atoms with Crippen molar-refractivity contribution in [2.24, 2.45) is 5.10 Å². The van der Waals surface area contributed by atoms with E-state index in [2.05, 4.69) is 26.3 Å². The van der Waals surface area contributed by atoms with Gasteiger partial charge in [-0.1, -0.05) is 49.6 Å². The predicted molar refractivity (Wildman–Crippen MR) is 161 cm³/mol. The van der Waals surface area contributed by atoms with E-state index in [0.29, 0.717) is 50.6 Å². The Morgan fingerprint density at radius 1 is 1.05 bits per heavy atom. The number of nitrogens with one attached hydrogen (secondary N) is 1. The Morgan fingerprint density at radius 3 is 2.55 bits per heavy atom. The summed E-state index contributed by atoms with van der Waals surface area (Å²) < 4.78 is 13.8. The summed E-state index contributed by atoms with van der Waals surface area (Å²) in [5.74, 6) is 1.49.